The number of hydrogen-bond donors (Lipinski definition) is 2. The Morgan fingerprint density at radius 3 is 2.47 bits per heavy atom. The van der Waals surface area contributed by atoms with Crippen LogP contribution >= 0.6 is 11.6 Å². The van der Waals surface area contributed by atoms with E-state index in [0.29, 0.717) is 16.3 Å². The van der Waals surface area contributed by atoms with Gasteiger partial charge in [0, 0.05) is 48.2 Å². The number of fused-ring (bicyclic) bond motifs is 3. The van der Waals surface area contributed by atoms with Crippen LogP contribution in [0.3, 0.4) is 0 Å². The Hall–Kier alpha value is -3.22. The average Bonchev–Trinajstić information content (AvgIpc) is 3.16. The third-order valence-corrected chi connectivity index (χ3v) is 6.61. The molecule has 1 aromatic heterocycles. The number of aromatic nitrogens is 1. The summed E-state index contributed by atoms with van der Waals surface area (Å²) >= 11 is 6.34. The molecule has 1 aliphatic heterocycles. The number of H-pyrrole nitrogens is 1. The largest absolute Gasteiger partial charge is 0.495 e. The van der Waals surface area contributed by atoms with Crippen molar-refractivity contribution in [2.75, 3.05) is 45.2 Å². The topological polar surface area (TPSA) is 74.6 Å². The number of methoxy groups -OCH3 is 1. The zero-order chi connectivity index (χ0) is 22.4. The molecule has 3 aromatic carbocycles. The normalized spacial score (nSPS) is 14.9. The Bertz CT molecular complexity index is 1340. The van der Waals surface area contributed by atoms with Gasteiger partial charge in [-0.05, 0) is 54.6 Å². The molecule has 0 unspecified atom stereocenters. The fourth-order valence-electron chi connectivity index (χ4n) is 4.46. The maximum Gasteiger partial charge on any atom is 0.250 e. The quantitative estimate of drug-likeness (QED) is 0.482. The molecule has 1 amide bonds. The summed E-state index contributed by atoms with van der Waals surface area (Å²) in [6.45, 7) is 4.09. The first-order valence-corrected chi connectivity index (χ1v) is 11.0. The monoisotopic (exact) mass is 448 g/mol. The van der Waals surface area contributed by atoms with Gasteiger partial charge < -0.3 is 25.3 Å². The van der Waals surface area contributed by atoms with Crippen molar-refractivity contribution in [3.8, 4) is 16.9 Å². The van der Waals surface area contributed by atoms with Crippen LogP contribution in [0.15, 0.2) is 48.5 Å². The first-order chi connectivity index (χ1) is 15.4. The summed E-state index contributed by atoms with van der Waals surface area (Å²) in [5.74, 6) is 0.137. The predicted molar refractivity (Wildman–Crippen MR) is 131 cm³/mol. The van der Waals surface area contributed by atoms with Gasteiger partial charge in [0.1, 0.15) is 5.75 Å². The van der Waals surface area contributed by atoms with E-state index in [-0.39, 0.29) is 0 Å². The number of nitrogens with one attached hydrogen (secondary N) is 1. The highest BCUT2D eigenvalue weighted by molar-refractivity contribution is 6.32. The van der Waals surface area contributed by atoms with E-state index < -0.39 is 5.91 Å². The second-order valence-electron chi connectivity index (χ2n) is 8.31. The summed E-state index contributed by atoms with van der Waals surface area (Å²) in [5, 5.41) is 2.53. The molecule has 0 saturated carbocycles. The summed E-state index contributed by atoms with van der Waals surface area (Å²) in [6.07, 6.45) is 0. The first-order valence-electron chi connectivity index (χ1n) is 10.6. The number of benzene rings is 3. The van der Waals surface area contributed by atoms with Crippen molar-refractivity contribution >= 4 is 45.0 Å². The highest BCUT2D eigenvalue weighted by Gasteiger charge is 2.18. The summed E-state index contributed by atoms with van der Waals surface area (Å²) in [7, 11) is 3.73. The van der Waals surface area contributed by atoms with Gasteiger partial charge in [-0.2, -0.15) is 0 Å². The highest BCUT2D eigenvalue weighted by atomic mass is 35.5. The van der Waals surface area contributed by atoms with E-state index in [1.807, 2.05) is 24.3 Å². The predicted octanol–water partition coefficient (Wildman–Crippen LogP) is 4.50. The number of carbonyl (C=O) groups is 1. The van der Waals surface area contributed by atoms with Crippen LogP contribution in [-0.2, 0) is 0 Å². The molecule has 0 radical (unpaired) electrons. The second kappa shape index (κ2) is 8.04. The number of hydrogen-bond acceptors (Lipinski definition) is 4. The number of piperazine rings is 1. The zero-order valence-electron chi connectivity index (χ0n) is 18.1. The fraction of sp³-hybridized carbons (Fsp3) is 0.240. The third kappa shape index (κ3) is 3.55. The molecular weight excluding hydrogens is 424 g/mol. The lowest BCUT2D eigenvalue weighted by atomic mass is 9.98. The number of likely N-dealkylation sites (N-methyl/N-ethyl adjacent to an activating group) is 1. The number of nitrogens with two attached hydrogens (primary N) is 1. The smallest absolute Gasteiger partial charge is 0.250 e. The number of ether oxygens (including phenoxy) is 1. The van der Waals surface area contributed by atoms with Crippen LogP contribution in [0.4, 0.5) is 5.69 Å². The van der Waals surface area contributed by atoms with Crippen molar-refractivity contribution in [3.05, 3.63) is 59.1 Å². The van der Waals surface area contributed by atoms with Gasteiger partial charge in [-0.15, -0.1) is 0 Å². The summed E-state index contributed by atoms with van der Waals surface area (Å²) in [6, 6.07) is 15.9. The van der Waals surface area contributed by atoms with Crippen LogP contribution in [0.1, 0.15) is 10.4 Å². The molecule has 7 heteroatoms. The van der Waals surface area contributed by atoms with Gasteiger partial charge in [-0.1, -0.05) is 23.7 Å². The number of primary amides is 1. The van der Waals surface area contributed by atoms with Gasteiger partial charge in [-0.3, -0.25) is 4.79 Å². The van der Waals surface area contributed by atoms with Crippen molar-refractivity contribution in [2.24, 2.45) is 5.73 Å². The van der Waals surface area contributed by atoms with Gasteiger partial charge >= 0.3 is 0 Å². The van der Waals surface area contributed by atoms with E-state index in [2.05, 4.69) is 46.1 Å². The van der Waals surface area contributed by atoms with Crippen LogP contribution in [0.5, 0.6) is 5.75 Å². The van der Waals surface area contributed by atoms with Gasteiger partial charge in [0.25, 0.3) is 5.91 Å². The van der Waals surface area contributed by atoms with Crippen molar-refractivity contribution in [3.63, 3.8) is 0 Å². The Kier molecular flexibility index (Phi) is 5.19. The van der Waals surface area contributed by atoms with E-state index in [4.69, 9.17) is 22.1 Å². The van der Waals surface area contributed by atoms with Crippen molar-refractivity contribution in [2.45, 2.75) is 0 Å². The third-order valence-electron chi connectivity index (χ3n) is 6.31. The molecule has 0 aliphatic carbocycles. The van der Waals surface area contributed by atoms with Gasteiger partial charge in [-0.25, -0.2) is 0 Å². The number of rotatable bonds is 4. The minimum absolute atomic E-state index is 0.460. The molecule has 5 rings (SSSR count). The number of amides is 1. The van der Waals surface area contributed by atoms with Crippen LogP contribution < -0.4 is 15.4 Å². The number of halogens is 1. The Balaban J connectivity index is 1.64. The minimum Gasteiger partial charge on any atom is -0.495 e. The van der Waals surface area contributed by atoms with Crippen molar-refractivity contribution < 1.29 is 9.53 Å². The summed E-state index contributed by atoms with van der Waals surface area (Å²) in [4.78, 5) is 20.5. The van der Waals surface area contributed by atoms with Crippen LogP contribution in [0, 0.1) is 0 Å². The number of carbonyl (C=O) groups excluding carboxylic acids is 1. The first kappa shape index (κ1) is 20.7. The Morgan fingerprint density at radius 1 is 1.00 bits per heavy atom. The minimum atomic E-state index is -0.470. The van der Waals surface area contributed by atoms with Gasteiger partial charge in [0.05, 0.1) is 23.2 Å². The van der Waals surface area contributed by atoms with Crippen LogP contribution in [0.2, 0.25) is 5.02 Å². The Labute approximate surface area is 191 Å². The Morgan fingerprint density at radius 2 is 1.78 bits per heavy atom. The lowest BCUT2D eigenvalue weighted by molar-refractivity contribution is 0.100. The summed E-state index contributed by atoms with van der Waals surface area (Å²) < 4.78 is 5.26. The van der Waals surface area contributed by atoms with Gasteiger partial charge in [0.15, 0.2) is 0 Å². The molecule has 0 atom stereocenters. The number of nitrogens with zero attached hydrogens (tertiary/aromatic N) is 2. The fourth-order valence-corrected chi connectivity index (χ4v) is 4.72. The number of anilines is 1. The SMILES string of the molecule is COc1ccc(-c2cc(C(N)=O)c3[nH]c4cc(N5CCN(C)CC5)ccc4c3c2)cc1Cl. The van der Waals surface area contributed by atoms with Crippen molar-refractivity contribution in [1.82, 2.24) is 9.88 Å². The molecule has 3 N–H and O–H groups in total. The summed E-state index contributed by atoms with van der Waals surface area (Å²) in [5.41, 5.74) is 10.9. The van der Waals surface area contributed by atoms with E-state index in [1.165, 1.54) is 5.69 Å². The molecule has 164 valence electrons. The lowest BCUT2D eigenvalue weighted by Gasteiger charge is -2.34. The molecule has 1 fully saturated rings. The van der Waals surface area contributed by atoms with E-state index >= 15 is 0 Å². The molecule has 1 aliphatic rings. The van der Waals surface area contributed by atoms with Crippen molar-refractivity contribution in [1.29, 1.82) is 0 Å². The molecule has 1 saturated heterocycles. The highest BCUT2D eigenvalue weighted by Crippen LogP contribution is 2.36. The van der Waals surface area contributed by atoms with E-state index in [1.54, 1.807) is 7.11 Å². The van der Waals surface area contributed by atoms with Crippen LogP contribution in [0.25, 0.3) is 32.9 Å². The van der Waals surface area contributed by atoms with Crippen LogP contribution in [-0.4, -0.2) is 56.1 Å². The average molecular weight is 449 g/mol. The zero-order valence-corrected chi connectivity index (χ0v) is 18.9. The number of aromatic amines is 1. The molecular formula is C25H25ClN4O2. The molecule has 6 nitrogen and oxygen atoms in total. The maximum absolute atomic E-state index is 12.3. The molecule has 32 heavy (non-hydrogen) atoms. The molecule has 0 spiro atoms. The van der Waals surface area contributed by atoms with E-state index in [9.17, 15) is 4.79 Å². The second-order valence-corrected chi connectivity index (χ2v) is 8.71. The molecule has 0 bridgehead atoms. The lowest BCUT2D eigenvalue weighted by Crippen LogP contribution is -2.44. The standard InChI is InChI=1S/C25H25ClN4O2/c1-29-7-9-30(10-8-29)17-4-5-18-19-11-16(15-3-6-23(32-2)21(26)13-15)12-20(25(27)31)24(19)28-22(18)14-17/h3-6,11-14,28H,7-10H2,1-2H3,(H2,27,31). The molecule has 4 aromatic rings. The van der Waals surface area contributed by atoms with E-state index in [0.717, 1.165) is 59.1 Å². The molecule has 2 heterocycles. The van der Waals surface area contributed by atoms with Gasteiger partial charge in [0.2, 0.25) is 0 Å². The maximum atomic E-state index is 12.3.